The molecule has 3 nitrogen and oxygen atoms in total. The molecule has 2 atom stereocenters. The van der Waals surface area contributed by atoms with Crippen LogP contribution in [-0.4, -0.2) is 13.2 Å². The number of benzene rings is 1. The Bertz CT molecular complexity index is 428. The van der Waals surface area contributed by atoms with E-state index in [1.165, 1.54) is 7.11 Å². The lowest BCUT2D eigenvalue weighted by Gasteiger charge is -2.24. The summed E-state index contributed by atoms with van der Waals surface area (Å²) in [5.74, 6) is 0. The van der Waals surface area contributed by atoms with Crippen LogP contribution in [0, 0.1) is 0 Å². The standard InChI is InChI=1S/C13H17O3P/c1-15-17(14,13-10-6-3-7-11-13)16-12-8-4-2-5-9-12/h2-4,6-7,10-12H,5,8-9H2,1H3. The van der Waals surface area contributed by atoms with Crippen LogP contribution in [0.1, 0.15) is 19.3 Å². The molecule has 1 aromatic carbocycles. The van der Waals surface area contributed by atoms with E-state index in [0.717, 1.165) is 19.3 Å². The summed E-state index contributed by atoms with van der Waals surface area (Å²) in [4.78, 5) is 0. The number of allylic oxidation sites excluding steroid dienone is 1. The predicted molar refractivity (Wildman–Crippen MR) is 68.6 cm³/mol. The topological polar surface area (TPSA) is 35.5 Å². The molecule has 2 rings (SSSR count). The zero-order chi connectivity index (χ0) is 12.1. The minimum atomic E-state index is -3.15. The Morgan fingerprint density at radius 3 is 2.59 bits per heavy atom. The normalized spacial score (nSPS) is 23.2. The first-order valence-electron chi connectivity index (χ1n) is 5.79. The molecule has 0 saturated carbocycles. The van der Waals surface area contributed by atoms with Gasteiger partial charge in [-0.05, 0) is 31.4 Å². The van der Waals surface area contributed by atoms with Crippen LogP contribution in [0.15, 0.2) is 42.5 Å². The van der Waals surface area contributed by atoms with Gasteiger partial charge in [-0.25, -0.2) is 0 Å². The van der Waals surface area contributed by atoms with Crippen molar-refractivity contribution in [3.05, 3.63) is 42.5 Å². The van der Waals surface area contributed by atoms with Gasteiger partial charge in [-0.3, -0.25) is 4.57 Å². The third kappa shape index (κ3) is 3.06. The first-order valence-corrected chi connectivity index (χ1v) is 7.33. The Labute approximate surface area is 102 Å². The second-order valence-corrected chi connectivity index (χ2v) is 6.11. The fourth-order valence-electron chi connectivity index (χ4n) is 1.88. The quantitative estimate of drug-likeness (QED) is 0.609. The van der Waals surface area contributed by atoms with Crippen LogP contribution >= 0.6 is 7.60 Å². The lowest BCUT2D eigenvalue weighted by atomic mass is 10.1. The largest absolute Gasteiger partial charge is 0.361 e. The highest BCUT2D eigenvalue weighted by molar-refractivity contribution is 7.62. The molecule has 92 valence electrons. The lowest BCUT2D eigenvalue weighted by molar-refractivity contribution is 0.159. The van der Waals surface area contributed by atoms with Crippen molar-refractivity contribution in [2.45, 2.75) is 25.4 Å². The van der Waals surface area contributed by atoms with E-state index in [1.807, 2.05) is 18.2 Å². The van der Waals surface area contributed by atoms with Crippen LogP contribution < -0.4 is 5.30 Å². The first-order chi connectivity index (χ1) is 8.24. The van der Waals surface area contributed by atoms with E-state index in [0.29, 0.717) is 5.30 Å². The second-order valence-electron chi connectivity index (χ2n) is 4.03. The van der Waals surface area contributed by atoms with E-state index >= 15 is 0 Å². The van der Waals surface area contributed by atoms with Crippen molar-refractivity contribution in [1.29, 1.82) is 0 Å². The van der Waals surface area contributed by atoms with E-state index in [2.05, 4.69) is 12.2 Å². The Hall–Kier alpha value is -0.890. The molecule has 0 amide bonds. The molecule has 0 saturated heterocycles. The highest BCUT2D eigenvalue weighted by atomic mass is 31.2. The van der Waals surface area contributed by atoms with Gasteiger partial charge in [0.05, 0.1) is 11.4 Å². The molecule has 0 heterocycles. The number of hydrogen-bond donors (Lipinski definition) is 0. The van der Waals surface area contributed by atoms with E-state index in [4.69, 9.17) is 9.05 Å². The summed E-state index contributed by atoms with van der Waals surface area (Å²) in [5.41, 5.74) is 0. The fraction of sp³-hybridized carbons (Fsp3) is 0.385. The van der Waals surface area contributed by atoms with Gasteiger partial charge < -0.3 is 9.05 Å². The van der Waals surface area contributed by atoms with Crippen molar-refractivity contribution >= 4 is 12.9 Å². The molecule has 0 fully saturated rings. The highest BCUT2D eigenvalue weighted by Crippen LogP contribution is 2.48. The maximum absolute atomic E-state index is 12.6. The van der Waals surface area contributed by atoms with Gasteiger partial charge in [-0.1, -0.05) is 30.4 Å². The zero-order valence-electron chi connectivity index (χ0n) is 9.91. The molecule has 0 radical (unpaired) electrons. The summed E-state index contributed by atoms with van der Waals surface area (Å²) in [6.07, 6.45) is 6.87. The van der Waals surface area contributed by atoms with Crippen LogP contribution in [0.4, 0.5) is 0 Å². The molecular formula is C13H17O3P. The SMILES string of the molecule is COP(=O)(OC1CC=CCC1)c1ccccc1. The summed E-state index contributed by atoms with van der Waals surface area (Å²) >= 11 is 0. The molecule has 0 bridgehead atoms. The van der Waals surface area contributed by atoms with E-state index in [1.54, 1.807) is 12.1 Å². The molecule has 0 aliphatic heterocycles. The van der Waals surface area contributed by atoms with Gasteiger partial charge in [0.1, 0.15) is 0 Å². The summed E-state index contributed by atoms with van der Waals surface area (Å²) < 4.78 is 23.4. The average Bonchev–Trinajstić information content (AvgIpc) is 2.41. The maximum Gasteiger partial charge on any atom is 0.361 e. The molecule has 1 aliphatic rings. The number of hydrogen-bond acceptors (Lipinski definition) is 3. The molecule has 0 spiro atoms. The Kier molecular flexibility index (Phi) is 4.16. The third-order valence-corrected chi connectivity index (χ3v) is 4.81. The Balaban J connectivity index is 2.14. The summed E-state index contributed by atoms with van der Waals surface area (Å²) in [5, 5.41) is 0.622. The highest BCUT2D eigenvalue weighted by Gasteiger charge is 2.29. The molecule has 0 aromatic heterocycles. The van der Waals surface area contributed by atoms with Gasteiger partial charge in [0, 0.05) is 7.11 Å². The smallest absolute Gasteiger partial charge is 0.309 e. The first kappa shape index (κ1) is 12.6. The van der Waals surface area contributed by atoms with Crippen LogP contribution in [-0.2, 0) is 13.6 Å². The van der Waals surface area contributed by atoms with Gasteiger partial charge in [-0.2, -0.15) is 0 Å². The van der Waals surface area contributed by atoms with Crippen LogP contribution in [0.25, 0.3) is 0 Å². The molecule has 0 N–H and O–H groups in total. The van der Waals surface area contributed by atoms with E-state index in [-0.39, 0.29) is 6.10 Å². The van der Waals surface area contributed by atoms with Crippen molar-refractivity contribution in [3.8, 4) is 0 Å². The Morgan fingerprint density at radius 2 is 2.00 bits per heavy atom. The molecule has 1 aromatic rings. The second kappa shape index (κ2) is 5.63. The monoisotopic (exact) mass is 252 g/mol. The van der Waals surface area contributed by atoms with Crippen molar-refractivity contribution in [1.82, 2.24) is 0 Å². The third-order valence-electron chi connectivity index (χ3n) is 2.82. The van der Waals surface area contributed by atoms with Crippen molar-refractivity contribution in [3.63, 3.8) is 0 Å². The summed E-state index contributed by atoms with van der Waals surface area (Å²) in [6, 6.07) is 9.12. The number of rotatable bonds is 4. The lowest BCUT2D eigenvalue weighted by Crippen LogP contribution is -2.18. The van der Waals surface area contributed by atoms with Crippen molar-refractivity contribution in [2.24, 2.45) is 0 Å². The molecule has 2 unspecified atom stereocenters. The van der Waals surface area contributed by atoms with Crippen LogP contribution in [0.5, 0.6) is 0 Å². The molecule has 17 heavy (non-hydrogen) atoms. The molecule has 1 aliphatic carbocycles. The molecular weight excluding hydrogens is 235 g/mol. The van der Waals surface area contributed by atoms with E-state index < -0.39 is 7.60 Å². The van der Waals surface area contributed by atoms with Gasteiger partial charge in [0.15, 0.2) is 0 Å². The minimum absolute atomic E-state index is 0.00834. The van der Waals surface area contributed by atoms with Crippen LogP contribution in [0.2, 0.25) is 0 Å². The Morgan fingerprint density at radius 1 is 1.24 bits per heavy atom. The summed E-state index contributed by atoms with van der Waals surface area (Å²) in [6.45, 7) is 0. The van der Waals surface area contributed by atoms with E-state index in [9.17, 15) is 4.57 Å². The summed E-state index contributed by atoms with van der Waals surface area (Å²) in [7, 11) is -1.72. The van der Waals surface area contributed by atoms with Crippen LogP contribution in [0.3, 0.4) is 0 Å². The average molecular weight is 252 g/mol. The van der Waals surface area contributed by atoms with Crippen molar-refractivity contribution in [2.75, 3.05) is 7.11 Å². The van der Waals surface area contributed by atoms with Crippen molar-refractivity contribution < 1.29 is 13.6 Å². The minimum Gasteiger partial charge on any atom is -0.309 e. The fourth-order valence-corrected chi connectivity index (χ4v) is 3.42. The van der Waals surface area contributed by atoms with Gasteiger partial charge >= 0.3 is 7.60 Å². The zero-order valence-corrected chi connectivity index (χ0v) is 10.8. The van der Waals surface area contributed by atoms with Gasteiger partial charge in [0.25, 0.3) is 0 Å². The molecule has 4 heteroatoms. The van der Waals surface area contributed by atoms with Gasteiger partial charge in [-0.15, -0.1) is 0 Å². The predicted octanol–water partition coefficient (Wildman–Crippen LogP) is 3.28. The van der Waals surface area contributed by atoms with Gasteiger partial charge in [0.2, 0.25) is 0 Å². The maximum atomic E-state index is 12.6.